The number of hydrogen-bond acceptors (Lipinski definition) is 5. The molecule has 10 heteroatoms. The van der Waals surface area contributed by atoms with E-state index in [0.717, 1.165) is 17.7 Å². The second-order valence-electron chi connectivity index (χ2n) is 7.91. The number of aromatic nitrogens is 2. The number of carbonyl (C=O) groups is 1. The molecule has 0 spiro atoms. The molecule has 0 saturated heterocycles. The van der Waals surface area contributed by atoms with Crippen LogP contribution in [0.25, 0.3) is 0 Å². The zero-order valence-corrected chi connectivity index (χ0v) is 18.4. The van der Waals surface area contributed by atoms with Crippen LogP contribution in [0, 0.1) is 0 Å². The first kappa shape index (κ1) is 23.3. The van der Waals surface area contributed by atoms with Crippen LogP contribution in [0.3, 0.4) is 0 Å². The van der Waals surface area contributed by atoms with Crippen molar-refractivity contribution in [2.45, 2.75) is 32.3 Å². The first-order valence-electron chi connectivity index (χ1n) is 10.7. The SMILES string of the molecule is CNc1nc2c(c(=O)n1Cc1ccc(C(F)(F)F)cc1)CN(C(=O)OCc1ccccc1)CC2. The van der Waals surface area contributed by atoms with Crippen LogP contribution in [-0.2, 0) is 37.0 Å². The van der Waals surface area contributed by atoms with E-state index in [1.807, 2.05) is 30.3 Å². The van der Waals surface area contributed by atoms with Crippen molar-refractivity contribution >= 4 is 12.0 Å². The van der Waals surface area contributed by atoms with Crippen molar-refractivity contribution in [2.75, 3.05) is 18.9 Å². The molecule has 4 rings (SSSR count). The molecule has 1 aromatic heterocycles. The summed E-state index contributed by atoms with van der Waals surface area (Å²) in [5, 5.41) is 2.88. The summed E-state index contributed by atoms with van der Waals surface area (Å²) in [5.74, 6) is 0.309. The van der Waals surface area contributed by atoms with Crippen LogP contribution in [0.4, 0.5) is 23.9 Å². The Hall–Kier alpha value is -3.82. The van der Waals surface area contributed by atoms with Gasteiger partial charge in [-0.1, -0.05) is 42.5 Å². The lowest BCUT2D eigenvalue weighted by Crippen LogP contribution is -2.41. The molecule has 0 aliphatic carbocycles. The Balaban J connectivity index is 1.53. The van der Waals surface area contributed by atoms with Gasteiger partial charge in [-0.2, -0.15) is 13.2 Å². The quantitative estimate of drug-likeness (QED) is 0.607. The fourth-order valence-electron chi connectivity index (χ4n) is 3.80. The average Bonchev–Trinajstić information content (AvgIpc) is 2.84. The van der Waals surface area contributed by atoms with E-state index < -0.39 is 17.8 Å². The van der Waals surface area contributed by atoms with Crippen molar-refractivity contribution < 1.29 is 22.7 Å². The van der Waals surface area contributed by atoms with Gasteiger partial charge in [0.05, 0.1) is 29.9 Å². The Morgan fingerprint density at radius 3 is 2.44 bits per heavy atom. The summed E-state index contributed by atoms with van der Waals surface area (Å²) in [7, 11) is 1.62. The maximum absolute atomic E-state index is 13.3. The second-order valence-corrected chi connectivity index (χ2v) is 7.91. The van der Waals surface area contributed by atoms with Gasteiger partial charge in [-0.05, 0) is 23.3 Å². The molecular weight excluding hydrogens is 449 g/mol. The number of alkyl halides is 3. The topological polar surface area (TPSA) is 76.5 Å². The Morgan fingerprint density at radius 2 is 1.79 bits per heavy atom. The third-order valence-corrected chi connectivity index (χ3v) is 5.62. The van der Waals surface area contributed by atoms with E-state index in [4.69, 9.17) is 4.74 Å². The molecular formula is C24H23F3N4O3. The lowest BCUT2D eigenvalue weighted by atomic mass is 10.1. The minimum atomic E-state index is -4.43. The van der Waals surface area contributed by atoms with Crippen LogP contribution in [0.15, 0.2) is 59.4 Å². The average molecular weight is 472 g/mol. The summed E-state index contributed by atoms with van der Waals surface area (Å²) >= 11 is 0. The number of carbonyl (C=O) groups excluding carboxylic acids is 1. The summed E-state index contributed by atoms with van der Waals surface area (Å²) in [6, 6.07) is 13.9. The number of hydrogen-bond donors (Lipinski definition) is 1. The predicted molar refractivity (Wildman–Crippen MR) is 119 cm³/mol. The first-order valence-corrected chi connectivity index (χ1v) is 10.7. The van der Waals surface area contributed by atoms with Gasteiger partial charge >= 0.3 is 12.3 Å². The van der Waals surface area contributed by atoms with Crippen molar-refractivity contribution in [3.63, 3.8) is 0 Å². The summed E-state index contributed by atoms with van der Waals surface area (Å²) in [6.07, 6.45) is -4.57. The number of anilines is 1. The molecule has 1 amide bonds. The summed E-state index contributed by atoms with van der Waals surface area (Å²) in [5.41, 5.74) is 1.22. The van der Waals surface area contributed by atoms with Crippen LogP contribution in [0.2, 0.25) is 0 Å². The van der Waals surface area contributed by atoms with Crippen LogP contribution in [0.1, 0.15) is 27.9 Å². The Morgan fingerprint density at radius 1 is 1.09 bits per heavy atom. The predicted octanol–water partition coefficient (Wildman–Crippen LogP) is 4.05. The van der Waals surface area contributed by atoms with Crippen LogP contribution in [0.5, 0.6) is 0 Å². The zero-order chi connectivity index (χ0) is 24.3. The standard InChI is InChI=1S/C24H23F3N4O3/c1-28-22-29-20-11-12-30(23(33)34-15-17-5-3-2-4-6-17)14-19(20)21(32)31(22)13-16-7-9-18(10-8-16)24(25,26)27/h2-10H,11-15H2,1H3,(H,28,29). The van der Waals surface area contributed by atoms with Crippen molar-refractivity contribution in [1.82, 2.24) is 14.5 Å². The van der Waals surface area contributed by atoms with Crippen LogP contribution < -0.4 is 10.9 Å². The number of halogens is 3. The lowest BCUT2D eigenvalue weighted by Gasteiger charge is -2.28. The summed E-state index contributed by atoms with van der Waals surface area (Å²) in [6.45, 7) is 0.564. The molecule has 2 heterocycles. The molecule has 0 atom stereocenters. The second kappa shape index (κ2) is 9.58. The van der Waals surface area contributed by atoms with Gasteiger partial charge in [0, 0.05) is 20.0 Å². The first-order chi connectivity index (χ1) is 16.3. The molecule has 3 aromatic rings. The highest BCUT2D eigenvalue weighted by Gasteiger charge is 2.30. The molecule has 0 fully saturated rings. The Bertz CT molecular complexity index is 1230. The number of nitrogens with zero attached hydrogens (tertiary/aromatic N) is 3. The van der Waals surface area contributed by atoms with Gasteiger partial charge in [0.25, 0.3) is 5.56 Å². The van der Waals surface area contributed by atoms with E-state index in [-0.39, 0.29) is 25.3 Å². The molecule has 1 aliphatic heterocycles. The van der Waals surface area contributed by atoms with E-state index in [0.29, 0.717) is 35.7 Å². The molecule has 34 heavy (non-hydrogen) atoms. The number of nitrogens with one attached hydrogen (secondary N) is 1. The minimum absolute atomic E-state index is 0.0336. The zero-order valence-electron chi connectivity index (χ0n) is 18.4. The highest BCUT2D eigenvalue weighted by atomic mass is 19.4. The summed E-state index contributed by atoms with van der Waals surface area (Å²) < 4.78 is 45.3. The van der Waals surface area contributed by atoms with Gasteiger partial charge < -0.3 is 15.0 Å². The highest BCUT2D eigenvalue weighted by molar-refractivity contribution is 5.68. The van der Waals surface area contributed by atoms with Crippen LogP contribution >= 0.6 is 0 Å². The molecule has 7 nitrogen and oxygen atoms in total. The third kappa shape index (κ3) is 5.05. The maximum atomic E-state index is 13.3. The number of ether oxygens (including phenoxy) is 1. The largest absolute Gasteiger partial charge is 0.445 e. The van der Waals surface area contributed by atoms with Crippen LogP contribution in [-0.4, -0.2) is 34.1 Å². The Kier molecular flexibility index (Phi) is 6.58. The maximum Gasteiger partial charge on any atom is 0.416 e. The molecule has 178 valence electrons. The monoisotopic (exact) mass is 472 g/mol. The molecule has 0 radical (unpaired) electrons. The number of amides is 1. The molecule has 1 aliphatic rings. The van der Waals surface area contributed by atoms with Gasteiger partial charge in [0.2, 0.25) is 5.95 Å². The fraction of sp³-hybridized carbons (Fsp3) is 0.292. The smallest absolute Gasteiger partial charge is 0.416 e. The summed E-state index contributed by atoms with van der Waals surface area (Å²) in [4.78, 5) is 31.9. The van der Waals surface area contributed by atoms with Gasteiger partial charge in [-0.25, -0.2) is 9.78 Å². The van der Waals surface area contributed by atoms with Crippen molar-refractivity contribution in [3.05, 3.63) is 92.9 Å². The lowest BCUT2D eigenvalue weighted by molar-refractivity contribution is -0.137. The van der Waals surface area contributed by atoms with Crippen molar-refractivity contribution in [2.24, 2.45) is 0 Å². The fourth-order valence-corrected chi connectivity index (χ4v) is 3.80. The van der Waals surface area contributed by atoms with Gasteiger partial charge in [0.1, 0.15) is 6.61 Å². The number of rotatable bonds is 5. The normalized spacial score (nSPS) is 13.4. The third-order valence-electron chi connectivity index (χ3n) is 5.62. The highest BCUT2D eigenvalue weighted by Crippen LogP contribution is 2.29. The van der Waals surface area contributed by atoms with E-state index in [2.05, 4.69) is 10.3 Å². The van der Waals surface area contributed by atoms with E-state index in [1.165, 1.54) is 21.6 Å². The van der Waals surface area contributed by atoms with Gasteiger partial charge in [-0.15, -0.1) is 0 Å². The van der Waals surface area contributed by atoms with Gasteiger partial charge in [-0.3, -0.25) is 9.36 Å². The van der Waals surface area contributed by atoms with Crippen molar-refractivity contribution in [3.8, 4) is 0 Å². The van der Waals surface area contributed by atoms with E-state index >= 15 is 0 Å². The molecule has 1 N–H and O–H groups in total. The van der Waals surface area contributed by atoms with Gasteiger partial charge in [0.15, 0.2) is 0 Å². The number of fused-ring (bicyclic) bond motifs is 1. The molecule has 0 unspecified atom stereocenters. The van der Waals surface area contributed by atoms with E-state index in [9.17, 15) is 22.8 Å². The number of benzene rings is 2. The van der Waals surface area contributed by atoms with Crippen molar-refractivity contribution in [1.29, 1.82) is 0 Å². The molecule has 0 saturated carbocycles. The minimum Gasteiger partial charge on any atom is -0.445 e. The van der Waals surface area contributed by atoms with E-state index in [1.54, 1.807) is 7.05 Å². The molecule has 0 bridgehead atoms. The Labute approximate surface area is 193 Å². The molecule has 2 aromatic carbocycles.